The molecule has 7 heteroatoms. The topological polar surface area (TPSA) is 82.6 Å². The molecule has 0 N–H and O–H groups in total. The van der Waals surface area contributed by atoms with E-state index in [1.807, 2.05) is 0 Å². The van der Waals surface area contributed by atoms with Crippen LogP contribution in [0, 0.1) is 10.1 Å². The first-order chi connectivity index (χ1) is 6.72. The van der Waals surface area contributed by atoms with Gasteiger partial charge in [0.05, 0.1) is 18.2 Å². The molecule has 72 valence electrons. The van der Waals surface area contributed by atoms with Crippen LogP contribution in [0.3, 0.4) is 0 Å². The summed E-state index contributed by atoms with van der Waals surface area (Å²) in [7, 11) is 1.34. The van der Waals surface area contributed by atoms with Crippen molar-refractivity contribution in [2.24, 2.45) is 0 Å². The summed E-state index contributed by atoms with van der Waals surface area (Å²) in [6.45, 7) is 0. The maximum absolute atomic E-state index is 10.6. The van der Waals surface area contributed by atoms with Gasteiger partial charge in [0.15, 0.2) is 5.65 Å². The van der Waals surface area contributed by atoms with Crippen molar-refractivity contribution in [3.8, 4) is 5.88 Å². The van der Waals surface area contributed by atoms with Crippen LogP contribution < -0.4 is 4.74 Å². The second-order valence-corrected chi connectivity index (χ2v) is 2.53. The first-order valence-electron chi connectivity index (χ1n) is 3.75. The van der Waals surface area contributed by atoms with Crippen molar-refractivity contribution in [2.75, 3.05) is 7.11 Å². The highest BCUT2D eigenvalue weighted by Gasteiger charge is 2.17. The molecule has 0 aliphatic carbocycles. The SMILES string of the molecule is COc1nc2ccnn2cc1[N+](=O)[O-]. The summed E-state index contributed by atoms with van der Waals surface area (Å²) in [6.07, 6.45) is 2.77. The molecule has 2 rings (SSSR count). The quantitative estimate of drug-likeness (QED) is 0.517. The molecule has 0 aliphatic heterocycles. The van der Waals surface area contributed by atoms with Crippen LogP contribution in [0.2, 0.25) is 0 Å². The van der Waals surface area contributed by atoms with Gasteiger partial charge in [0.2, 0.25) is 0 Å². The first kappa shape index (κ1) is 8.42. The van der Waals surface area contributed by atoms with Gasteiger partial charge in [-0.25, -0.2) is 4.52 Å². The fraction of sp³-hybridized carbons (Fsp3) is 0.143. The van der Waals surface area contributed by atoms with E-state index in [-0.39, 0.29) is 11.6 Å². The minimum atomic E-state index is -0.563. The van der Waals surface area contributed by atoms with Crippen molar-refractivity contribution in [3.05, 3.63) is 28.6 Å². The summed E-state index contributed by atoms with van der Waals surface area (Å²) in [4.78, 5) is 13.9. The number of nitrogens with zero attached hydrogens (tertiary/aromatic N) is 4. The fourth-order valence-electron chi connectivity index (χ4n) is 1.10. The van der Waals surface area contributed by atoms with Gasteiger partial charge in [0, 0.05) is 6.07 Å². The molecule has 0 unspecified atom stereocenters. The molecule has 14 heavy (non-hydrogen) atoms. The van der Waals surface area contributed by atoms with Gasteiger partial charge in [0.1, 0.15) is 6.20 Å². The molecule has 2 aromatic rings. The largest absolute Gasteiger partial charge is 0.476 e. The van der Waals surface area contributed by atoms with Gasteiger partial charge < -0.3 is 4.74 Å². The third kappa shape index (κ3) is 1.15. The average Bonchev–Trinajstić information content (AvgIpc) is 2.62. The third-order valence-electron chi connectivity index (χ3n) is 1.72. The summed E-state index contributed by atoms with van der Waals surface area (Å²) >= 11 is 0. The van der Waals surface area contributed by atoms with Crippen LogP contribution in [0.15, 0.2) is 18.5 Å². The van der Waals surface area contributed by atoms with Crippen LogP contribution >= 0.6 is 0 Å². The normalized spacial score (nSPS) is 10.4. The van der Waals surface area contributed by atoms with Crippen molar-refractivity contribution in [1.82, 2.24) is 14.6 Å². The van der Waals surface area contributed by atoms with Crippen LogP contribution in [0.25, 0.3) is 5.65 Å². The van der Waals surface area contributed by atoms with Crippen molar-refractivity contribution >= 4 is 11.3 Å². The number of fused-ring (bicyclic) bond motifs is 1. The molecule has 0 radical (unpaired) electrons. The lowest BCUT2D eigenvalue weighted by Gasteiger charge is -2.00. The summed E-state index contributed by atoms with van der Waals surface area (Å²) in [5, 5.41) is 14.4. The van der Waals surface area contributed by atoms with Crippen LogP contribution in [0.1, 0.15) is 0 Å². The number of ether oxygens (including phenoxy) is 1. The Balaban J connectivity index is 2.72. The van der Waals surface area contributed by atoms with E-state index in [0.717, 1.165) is 0 Å². The minimum absolute atomic E-state index is 0.0111. The summed E-state index contributed by atoms with van der Waals surface area (Å²) in [6, 6.07) is 1.63. The Kier molecular flexibility index (Phi) is 1.77. The highest BCUT2D eigenvalue weighted by atomic mass is 16.6. The first-order valence-corrected chi connectivity index (χ1v) is 3.75. The molecule has 0 aliphatic rings. The number of hydrogen-bond acceptors (Lipinski definition) is 5. The molecule has 0 saturated carbocycles. The fourth-order valence-corrected chi connectivity index (χ4v) is 1.10. The molecular formula is C7H6N4O3. The molecule has 2 heterocycles. The molecule has 7 nitrogen and oxygen atoms in total. The van der Waals surface area contributed by atoms with Gasteiger partial charge >= 0.3 is 5.69 Å². The average molecular weight is 194 g/mol. The number of rotatable bonds is 2. The molecule has 0 aromatic carbocycles. The number of hydrogen-bond donors (Lipinski definition) is 0. The monoisotopic (exact) mass is 194 g/mol. The Morgan fingerprint density at radius 1 is 1.64 bits per heavy atom. The number of aromatic nitrogens is 3. The van der Waals surface area contributed by atoms with E-state index in [0.29, 0.717) is 5.65 Å². The highest BCUT2D eigenvalue weighted by Crippen LogP contribution is 2.23. The van der Waals surface area contributed by atoms with E-state index >= 15 is 0 Å². The molecule has 2 aromatic heterocycles. The lowest BCUT2D eigenvalue weighted by atomic mass is 10.5. The molecule has 0 fully saturated rings. The van der Waals surface area contributed by atoms with Gasteiger partial charge in [-0.15, -0.1) is 0 Å². The zero-order chi connectivity index (χ0) is 10.1. The lowest BCUT2D eigenvalue weighted by molar-refractivity contribution is -0.386. The van der Waals surface area contributed by atoms with E-state index in [1.165, 1.54) is 24.0 Å². The van der Waals surface area contributed by atoms with E-state index in [9.17, 15) is 10.1 Å². The molecule has 0 spiro atoms. The van der Waals surface area contributed by atoms with Crippen LogP contribution in [-0.2, 0) is 0 Å². The van der Waals surface area contributed by atoms with Gasteiger partial charge in [-0.05, 0) is 0 Å². The van der Waals surface area contributed by atoms with E-state index in [1.54, 1.807) is 6.07 Å². The molecular weight excluding hydrogens is 188 g/mol. The van der Waals surface area contributed by atoms with Crippen LogP contribution in [-0.4, -0.2) is 26.6 Å². The summed E-state index contributed by atoms with van der Waals surface area (Å²) in [5.41, 5.74) is 0.302. The number of methoxy groups -OCH3 is 1. The van der Waals surface area contributed by atoms with Gasteiger partial charge in [-0.1, -0.05) is 0 Å². The molecule has 0 atom stereocenters. The van der Waals surface area contributed by atoms with E-state index in [2.05, 4.69) is 10.1 Å². The van der Waals surface area contributed by atoms with Crippen molar-refractivity contribution in [2.45, 2.75) is 0 Å². The summed E-state index contributed by atoms with van der Waals surface area (Å²) < 4.78 is 6.11. The zero-order valence-corrected chi connectivity index (χ0v) is 7.25. The zero-order valence-electron chi connectivity index (χ0n) is 7.25. The number of nitro groups is 1. The molecule has 0 saturated heterocycles. The van der Waals surface area contributed by atoms with Crippen molar-refractivity contribution in [3.63, 3.8) is 0 Å². The second kappa shape index (κ2) is 2.95. The van der Waals surface area contributed by atoms with Crippen LogP contribution in [0.4, 0.5) is 5.69 Å². The Hall–Kier alpha value is -2.18. The van der Waals surface area contributed by atoms with Gasteiger partial charge in [0.25, 0.3) is 5.88 Å². The predicted molar refractivity (Wildman–Crippen MR) is 46.2 cm³/mol. The smallest absolute Gasteiger partial charge is 0.349 e. The van der Waals surface area contributed by atoms with Crippen LogP contribution in [0.5, 0.6) is 5.88 Å². The van der Waals surface area contributed by atoms with Crippen molar-refractivity contribution < 1.29 is 9.66 Å². The Bertz CT molecular complexity index is 493. The van der Waals surface area contributed by atoms with Gasteiger partial charge in [-0.2, -0.15) is 10.1 Å². The lowest BCUT2D eigenvalue weighted by Crippen LogP contribution is -2.00. The predicted octanol–water partition coefficient (Wildman–Crippen LogP) is 0.646. The van der Waals surface area contributed by atoms with Crippen molar-refractivity contribution in [1.29, 1.82) is 0 Å². The highest BCUT2D eigenvalue weighted by molar-refractivity contribution is 5.47. The Labute approximate surface area is 78.1 Å². The van der Waals surface area contributed by atoms with E-state index in [4.69, 9.17) is 4.74 Å². The Morgan fingerprint density at radius 2 is 2.43 bits per heavy atom. The maximum atomic E-state index is 10.6. The molecule has 0 bridgehead atoms. The third-order valence-corrected chi connectivity index (χ3v) is 1.72. The Morgan fingerprint density at radius 3 is 3.07 bits per heavy atom. The van der Waals surface area contributed by atoms with E-state index < -0.39 is 4.92 Å². The van der Waals surface area contributed by atoms with Gasteiger partial charge in [-0.3, -0.25) is 10.1 Å². The summed E-state index contributed by atoms with van der Waals surface area (Å²) in [5.74, 6) is -0.0111. The molecule has 0 amide bonds. The standard InChI is InChI=1S/C7H6N4O3/c1-14-7-5(11(12)13)4-10-6(9-7)2-3-8-10/h2-4H,1H3. The minimum Gasteiger partial charge on any atom is -0.476 e. The second-order valence-electron chi connectivity index (χ2n) is 2.53. The maximum Gasteiger partial charge on any atom is 0.349 e.